The Labute approximate surface area is 117 Å². The first kappa shape index (κ1) is 15.3. The van der Waals surface area contributed by atoms with Gasteiger partial charge in [-0.25, -0.2) is 8.42 Å². The molecule has 0 spiro atoms. The monoisotopic (exact) mass is 288 g/mol. The molecule has 2 rings (SSSR count). The van der Waals surface area contributed by atoms with Crippen LogP contribution in [0.15, 0.2) is 0 Å². The van der Waals surface area contributed by atoms with Crippen molar-refractivity contribution in [3.05, 3.63) is 0 Å². The summed E-state index contributed by atoms with van der Waals surface area (Å²) in [6, 6.07) is 0.809. The van der Waals surface area contributed by atoms with Crippen molar-refractivity contribution < 1.29 is 8.42 Å². The highest BCUT2D eigenvalue weighted by molar-refractivity contribution is 7.91. The van der Waals surface area contributed by atoms with Gasteiger partial charge in [-0.3, -0.25) is 0 Å². The van der Waals surface area contributed by atoms with Crippen molar-refractivity contribution in [2.45, 2.75) is 56.9 Å². The lowest BCUT2D eigenvalue weighted by molar-refractivity contribution is 0.262. The molecule has 1 aliphatic carbocycles. The third-order valence-electron chi connectivity index (χ3n) is 4.72. The fourth-order valence-electron chi connectivity index (χ4n) is 3.49. The van der Waals surface area contributed by atoms with Crippen LogP contribution in [-0.2, 0) is 9.84 Å². The molecule has 1 aliphatic heterocycles. The van der Waals surface area contributed by atoms with E-state index in [2.05, 4.69) is 24.1 Å². The molecule has 1 heterocycles. The molecule has 0 aromatic heterocycles. The molecule has 1 N–H and O–H groups in total. The first-order valence-electron chi connectivity index (χ1n) is 7.54. The Balaban J connectivity index is 1.80. The highest BCUT2D eigenvalue weighted by Gasteiger charge is 2.35. The van der Waals surface area contributed by atoms with Crippen LogP contribution in [0, 0.1) is 5.92 Å². The molecule has 1 saturated carbocycles. The van der Waals surface area contributed by atoms with E-state index in [1.54, 1.807) is 0 Å². The summed E-state index contributed by atoms with van der Waals surface area (Å²) in [7, 11) is -2.89. The van der Waals surface area contributed by atoms with Crippen LogP contribution in [0.25, 0.3) is 0 Å². The first-order chi connectivity index (χ1) is 8.88. The molecule has 0 amide bonds. The zero-order valence-corrected chi connectivity index (χ0v) is 13.2. The maximum absolute atomic E-state index is 11.7. The van der Waals surface area contributed by atoms with Crippen molar-refractivity contribution in [1.82, 2.24) is 10.2 Å². The van der Waals surface area contributed by atoms with Crippen molar-refractivity contribution in [3.63, 3.8) is 0 Å². The Kier molecular flexibility index (Phi) is 4.90. The highest BCUT2D eigenvalue weighted by Crippen LogP contribution is 2.26. The number of nitrogens with one attached hydrogen (secondary N) is 1. The van der Waals surface area contributed by atoms with Gasteiger partial charge in [-0.2, -0.15) is 0 Å². The Morgan fingerprint density at radius 1 is 1.26 bits per heavy atom. The van der Waals surface area contributed by atoms with Crippen LogP contribution in [0.1, 0.15) is 39.5 Å². The minimum Gasteiger partial charge on any atom is -0.312 e. The van der Waals surface area contributed by atoms with Gasteiger partial charge in [0.05, 0.1) is 5.25 Å². The van der Waals surface area contributed by atoms with E-state index in [1.165, 1.54) is 19.2 Å². The summed E-state index contributed by atoms with van der Waals surface area (Å²) in [5.41, 5.74) is 0. The first-order valence-corrected chi connectivity index (χ1v) is 9.49. The van der Waals surface area contributed by atoms with Crippen LogP contribution in [0.3, 0.4) is 0 Å². The SMILES string of the molecule is CC(C)N1CCC(CNC2CCCC2S(C)(=O)=O)C1. The van der Waals surface area contributed by atoms with Gasteiger partial charge in [0.2, 0.25) is 0 Å². The second kappa shape index (κ2) is 6.10. The number of hydrogen-bond acceptors (Lipinski definition) is 4. The molecular formula is C14H28N2O2S. The number of sulfone groups is 1. The van der Waals surface area contributed by atoms with Gasteiger partial charge in [0.15, 0.2) is 9.84 Å². The average Bonchev–Trinajstić information content (AvgIpc) is 2.94. The second-order valence-electron chi connectivity index (χ2n) is 6.56. The number of likely N-dealkylation sites (tertiary alicyclic amines) is 1. The molecule has 0 aromatic carbocycles. The Morgan fingerprint density at radius 2 is 2.00 bits per heavy atom. The quantitative estimate of drug-likeness (QED) is 0.828. The normalized spacial score (nSPS) is 33.4. The molecule has 3 unspecified atom stereocenters. The van der Waals surface area contributed by atoms with Gasteiger partial charge in [-0.1, -0.05) is 6.42 Å². The molecule has 0 aromatic rings. The van der Waals surface area contributed by atoms with E-state index in [9.17, 15) is 8.42 Å². The van der Waals surface area contributed by atoms with E-state index in [-0.39, 0.29) is 11.3 Å². The molecule has 0 radical (unpaired) electrons. The predicted octanol–water partition coefficient (Wildman–Crippen LogP) is 1.27. The van der Waals surface area contributed by atoms with Gasteiger partial charge >= 0.3 is 0 Å². The lowest BCUT2D eigenvalue weighted by atomic mass is 10.1. The topological polar surface area (TPSA) is 49.4 Å². The minimum absolute atomic E-state index is 0.157. The van der Waals surface area contributed by atoms with E-state index in [4.69, 9.17) is 0 Å². The third kappa shape index (κ3) is 3.92. The van der Waals surface area contributed by atoms with Crippen LogP contribution in [0.4, 0.5) is 0 Å². The Hall–Kier alpha value is -0.130. The van der Waals surface area contributed by atoms with Crippen LogP contribution in [-0.4, -0.2) is 56.5 Å². The summed E-state index contributed by atoms with van der Waals surface area (Å²) in [4.78, 5) is 2.51. The second-order valence-corrected chi connectivity index (χ2v) is 8.82. The molecule has 0 bridgehead atoms. The molecule has 5 heteroatoms. The molecule has 1 saturated heterocycles. The molecular weight excluding hydrogens is 260 g/mol. The van der Waals surface area contributed by atoms with Crippen molar-refractivity contribution in [3.8, 4) is 0 Å². The zero-order chi connectivity index (χ0) is 14.0. The maximum atomic E-state index is 11.7. The third-order valence-corrected chi connectivity index (χ3v) is 6.38. The number of nitrogens with zero attached hydrogens (tertiary/aromatic N) is 1. The van der Waals surface area contributed by atoms with Crippen LogP contribution >= 0.6 is 0 Å². The molecule has 2 aliphatic rings. The fraction of sp³-hybridized carbons (Fsp3) is 1.00. The van der Waals surface area contributed by atoms with Gasteiger partial charge < -0.3 is 10.2 Å². The summed E-state index contributed by atoms with van der Waals surface area (Å²) in [5.74, 6) is 0.684. The maximum Gasteiger partial charge on any atom is 0.151 e. The fourth-order valence-corrected chi connectivity index (χ4v) is 4.91. The van der Waals surface area contributed by atoms with Gasteiger partial charge in [-0.05, 0) is 52.1 Å². The van der Waals surface area contributed by atoms with E-state index in [1.807, 2.05) is 0 Å². The standard InChI is InChI=1S/C14H28N2O2S/c1-11(2)16-8-7-12(10-16)9-15-13-5-4-6-14(13)19(3,17)18/h11-15H,4-10H2,1-3H3. The van der Waals surface area contributed by atoms with E-state index in [0.29, 0.717) is 12.0 Å². The van der Waals surface area contributed by atoms with Crippen molar-refractivity contribution in [2.75, 3.05) is 25.9 Å². The van der Waals surface area contributed by atoms with Crippen LogP contribution < -0.4 is 5.32 Å². The molecule has 4 nitrogen and oxygen atoms in total. The lowest BCUT2D eigenvalue weighted by Gasteiger charge is -2.23. The predicted molar refractivity (Wildman–Crippen MR) is 79.1 cm³/mol. The summed E-state index contributed by atoms with van der Waals surface area (Å²) in [6.45, 7) is 7.80. The summed E-state index contributed by atoms with van der Waals surface area (Å²) in [5, 5.41) is 3.38. The summed E-state index contributed by atoms with van der Waals surface area (Å²) < 4.78 is 23.5. The molecule has 3 atom stereocenters. The smallest absolute Gasteiger partial charge is 0.151 e. The van der Waals surface area contributed by atoms with Crippen molar-refractivity contribution in [1.29, 1.82) is 0 Å². The summed E-state index contributed by atoms with van der Waals surface area (Å²) in [6.07, 6.45) is 5.50. The van der Waals surface area contributed by atoms with Gasteiger partial charge in [0.1, 0.15) is 0 Å². The average molecular weight is 288 g/mol. The van der Waals surface area contributed by atoms with Crippen LogP contribution in [0.5, 0.6) is 0 Å². The van der Waals surface area contributed by atoms with E-state index < -0.39 is 9.84 Å². The zero-order valence-electron chi connectivity index (χ0n) is 12.4. The number of hydrogen-bond donors (Lipinski definition) is 1. The van der Waals surface area contributed by atoms with Crippen LogP contribution in [0.2, 0.25) is 0 Å². The van der Waals surface area contributed by atoms with Crippen molar-refractivity contribution in [2.24, 2.45) is 5.92 Å². The minimum atomic E-state index is -2.89. The Bertz CT molecular complexity index is 394. The lowest BCUT2D eigenvalue weighted by Crippen LogP contribution is -2.42. The van der Waals surface area contributed by atoms with Gasteiger partial charge in [0.25, 0.3) is 0 Å². The number of rotatable bonds is 5. The highest BCUT2D eigenvalue weighted by atomic mass is 32.2. The van der Waals surface area contributed by atoms with Crippen molar-refractivity contribution >= 4 is 9.84 Å². The van der Waals surface area contributed by atoms with Gasteiger partial charge in [-0.15, -0.1) is 0 Å². The van der Waals surface area contributed by atoms with E-state index >= 15 is 0 Å². The molecule has 112 valence electrons. The Morgan fingerprint density at radius 3 is 2.58 bits per heavy atom. The molecule has 2 fully saturated rings. The molecule has 19 heavy (non-hydrogen) atoms. The summed E-state index contributed by atoms with van der Waals surface area (Å²) >= 11 is 0. The van der Waals surface area contributed by atoms with E-state index in [0.717, 1.165) is 32.4 Å². The van der Waals surface area contributed by atoms with Gasteiger partial charge in [0, 0.05) is 24.9 Å². The largest absolute Gasteiger partial charge is 0.312 e.